The van der Waals surface area contributed by atoms with Crippen LogP contribution in [0.4, 0.5) is 0 Å². The van der Waals surface area contributed by atoms with Gasteiger partial charge >= 0.3 is 33.6 Å². The van der Waals surface area contributed by atoms with Gasteiger partial charge in [-0.1, -0.05) is 358 Å². The number of esters is 3. The second kappa shape index (κ2) is 88.2. The summed E-state index contributed by atoms with van der Waals surface area (Å²) in [5, 5.41) is 20.7. The van der Waals surface area contributed by atoms with E-state index in [-0.39, 0.29) is 19.3 Å². The summed E-state index contributed by atoms with van der Waals surface area (Å²) in [6.07, 6.45) is 114. The average Bonchev–Trinajstić information content (AvgIpc) is 0.889. The lowest BCUT2D eigenvalue weighted by molar-refractivity contribution is -0.161. The van der Waals surface area contributed by atoms with Crippen molar-refractivity contribution in [2.45, 2.75) is 386 Å². The molecule has 0 aliphatic rings. The van der Waals surface area contributed by atoms with Crippen molar-refractivity contribution in [2.75, 3.05) is 39.6 Å². The number of carbonyl (C=O) groups excluding carboxylic acids is 3. The van der Waals surface area contributed by atoms with E-state index in [4.69, 9.17) is 32.3 Å². The highest BCUT2D eigenvalue weighted by atomic mass is 31.2. The predicted octanol–water partition coefficient (Wildman–Crippen LogP) is 27.9. The summed E-state index contributed by atoms with van der Waals surface area (Å²) >= 11 is 0. The monoisotopic (exact) mass is 1650 g/mol. The highest BCUT2D eigenvalue weighted by Crippen LogP contribution is 2.45. The summed E-state index contributed by atoms with van der Waals surface area (Å²) in [4.78, 5) is 59.0. The van der Waals surface area contributed by atoms with Crippen LogP contribution in [-0.4, -0.2) is 95.9 Å². The van der Waals surface area contributed by atoms with Crippen molar-refractivity contribution < 1.29 is 75.8 Å². The molecule has 658 valence electrons. The van der Waals surface area contributed by atoms with Crippen LogP contribution in [0.15, 0.2) is 170 Å². The Balaban J connectivity index is 4.64. The van der Waals surface area contributed by atoms with Crippen molar-refractivity contribution in [3.8, 4) is 0 Å². The first-order valence-electron chi connectivity index (χ1n) is 45.4. The van der Waals surface area contributed by atoms with Crippen molar-refractivity contribution in [3.63, 3.8) is 0 Å². The summed E-state index contributed by atoms with van der Waals surface area (Å²) in [7, 11) is -9.82. The largest absolute Gasteiger partial charge is 0.472 e. The van der Waals surface area contributed by atoms with Crippen LogP contribution in [0.5, 0.6) is 0 Å². The molecule has 0 rings (SSSR count). The smallest absolute Gasteiger partial charge is 0.463 e. The molecule has 16 nitrogen and oxygen atoms in total. The van der Waals surface area contributed by atoms with Crippen LogP contribution in [0, 0.1) is 0 Å². The van der Waals surface area contributed by atoms with Gasteiger partial charge < -0.3 is 34.2 Å². The minimum Gasteiger partial charge on any atom is -0.463 e. The Kier molecular flexibility index (Phi) is 84.3. The molecular weight excluding hydrogens is 1480 g/mol. The fourth-order valence-electron chi connectivity index (χ4n) is 12.0. The topological polar surface area (TPSA) is 231 Å². The van der Waals surface area contributed by atoms with Crippen LogP contribution in [0.3, 0.4) is 0 Å². The van der Waals surface area contributed by atoms with Crippen LogP contribution in [0.1, 0.15) is 367 Å². The minimum atomic E-state index is -4.95. The molecule has 0 aromatic heterocycles. The zero-order chi connectivity index (χ0) is 83.6. The van der Waals surface area contributed by atoms with E-state index in [0.29, 0.717) is 19.3 Å². The van der Waals surface area contributed by atoms with Gasteiger partial charge in [0, 0.05) is 19.3 Å². The molecule has 0 aromatic carbocycles. The molecule has 0 bridgehead atoms. The number of phosphoric acid groups is 2. The van der Waals surface area contributed by atoms with E-state index in [2.05, 4.69) is 191 Å². The van der Waals surface area contributed by atoms with E-state index in [1.165, 1.54) is 154 Å². The van der Waals surface area contributed by atoms with E-state index in [1.54, 1.807) is 0 Å². The second-order valence-corrected chi connectivity index (χ2v) is 32.9. The SMILES string of the molecule is CC/C=C\C/C=C\C/C=C\C/C=C\C/C=C\C/C=C\CCCCCCC(=O)OC(COC(=O)CCCCCCCCCCC/C=C\C/C=C\C/C=C\C/C=C\CCCCC)COP(=O)(O)OCC(O)COP(=O)(O)OCC(O)COC(=O)CCCCCCCCCCCCCCCCC/C=C\C/C=C\C/C=C\C/C=C\CCCCC. The number of phosphoric ester groups is 2. The van der Waals surface area contributed by atoms with Crippen molar-refractivity contribution in [1.82, 2.24) is 0 Å². The maximum absolute atomic E-state index is 13.1. The number of allylic oxidation sites excluding steroid dienone is 28. The zero-order valence-electron chi connectivity index (χ0n) is 72.4. The third-order valence-electron chi connectivity index (χ3n) is 18.9. The van der Waals surface area contributed by atoms with Gasteiger partial charge in [0.25, 0.3) is 0 Å². The van der Waals surface area contributed by atoms with Crippen LogP contribution in [0.25, 0.3) is 0 Å². The molecule has 0 aliphatic heterocycles. The maximum Gasteiger partial charge on any atom is 0.472 e. The number of hydrogen-bond acceptors (Lipinski definition) is 14. The molecule has 18 heteroatoms. The molecule has 115 heavy (non-hydrogen) atoms. The third kappa shape index (κ3) is 89.5. The second-order valence-electron chi connectivity index (χ2n) is 30.0. The molecule has 5 unspecified atom stereocenters. The average molecular weight is 1650 g/mol. The molecular formula is C97H164O16P2. The Labute approximate surface area is 701 Å². The van der Waals surface area contributed by atoms with E-state index < -0.39 is 91.5 Å². The molecule has 0 spiro atoms. The minimum absolute atomic E-state index is 0.0677. The quantitative estimate of drug-likeness (QED) is 0.0146. The van der Waals surface area contributed by atoms with E-state index in [1.807, 2.05) is 0 Å². The molecule has 0 heterocycles. The summed E-state index contributed by atoms with van der Waals surface area (Å²) in [5.74, 6) is -1.61. The van der Waals surface area contributed by atoms with Gasteiger partial charge in [-0.2, -0.15) is 0 Å². The molecule has 5 atom stereocenters. The molecule has 0 saturated carbocycles. The molecule has 0 aliphatic carbocycles. The van der Waals surface area contributed by atoms with Crippen LogP contribution in [0.2, 0.25) is 0 Å². The van der Waals surface area contributed by atoms with Gasteiger partial charge in [0.05, 0.1) is 26.4 Å². The summed E-state index contributed by atoms with van der Waals surface area (Å²) < 4.78 is 61.4. The molecule has 0 radical (unpaired) electrons. The van der Waals surface area contributed by atoms with Crippen LogP contribution in [-0.2, 0) is 55.8 Å². The van der Waals surface area contributed by atoms with Crippen molar-refractivity contribution in [2.24, 2.45) is 0 Å². The molecule has 0 aromatic rings. The lowest BCUT2D eigenvalue weighted by Gasteiger charge is -2.21. The van der Waals surface area contributed by atoms with Crippen molar-refractivity contribution in [3.05, 3.63) is 170 Å². The highest BCUT2D eigenvalue weighted by molar-refractivity contribution is 7.47. The molecule has 4 N–H and O–H groups in total. The number of ether oxygens (including phenoxy) is 3. The Morgan fingerprint density at radius 3 is 0.730 bits per heavy atom. The summed E-state index contributed by atoms with van der Waals surface area (Å²) in [5.41, 5.74) is 0. The van der Waals surface area contributed by atoms with Crippen molar-refractivity contribution >= 4 is 33.6 Å². The first-order valence-corrected chi connectivity index (χ1v) is 48.4. The van der Waals surface area contributed by atoms with E-state index in [0.717, 1.165) is 154 Å². The lowest BCUT2D eigenvalue weighted by Crippen LogP contribution is -2.30. The number of hydrogen-bond donors (Lipinski definition) is 4. The third-order valence-corrected chi connectivity index (χ3v) is 20.8. The number of carbonyl (C=O) groups is 3. The molecule has 0 saturated heterocycles. The highest BCUT2D eigenvalue weighted by Gasteiger charge is 2.29. The fourth-order valence-corrected chi connectivity index (χ4v) is 13.6. The Morgan fingerprint density at radius 2 is 0.461 bits per heavy atom. The van der Waals surface area contributed by atoms with E-state index >= 15 is 0 Å². The first-order chi connectivity index (χ1) is 56.2. The normalized spacial score (nSPS) is 14.6. The first kappa shape index (κ1) is 110. The number of rotatable bonds is 85. The van der Waals surface area contributed by atoms with Gasteiger partial charge in [0.15, 0.2) is 6.10 Å². The van der Waals surface area contributed by atoms with Gasteiger partial charge in [0.1, 0.15) is 25.4 Å². The zero-order valence-corrected chi connectivity index (χ0v) is 74.2. The Bertz CT molecular complexity index is 2770. The molecule has 0 fully saturated rings. The van der Waals surface area contributed by atoms with Crippen molar-refractivity contribution in [1.29, 1.82) is 0 Å². The van der Waals surface area contributed by atoms with Gasteiger partial charge in [-0.3, -0.25) is 32.5 Å². The fraction of sp³-hybridized carbons (Fsp3) is 0.680. The molecule has 0 amide bonds. The van der Waals surface area contributed by atoms with Gasteiger partial charge in [-0.05, 0) is 161 Å². The van der Waals surface area contributed by atoms with Crippen LogP contribution < -0.4 is 0 Å². The van der Waals surface area contributed by atoms with E-state index in [9.17, 15) is 43.5 Å². The summed E-state index contributed by atoms with van der Waals surface area (Å²) in [6, 6.07) is 0. The predicted molar refractivity (Wildman–Crippen MR) is 482 cm³/mol. The standard InChI is InChI=1S/C97H164O16P2/c1-4-7-10-13-16-19-22-25-28-31-34-37-40-42-43-44-45-46-47-49-52-53-56-59-62-65-68-71-74-77-80-83-95(100)107-86-92(98)87-109-114(103,104)110-88-93(99)89-111-115(105,106)112-91-94(113-97(102)85-82-79-76-73-70-67-64-61-58-55-50-39-36-33-30-27-24-21-18-15-12-9-6-3)90-108-96(101)84-81-78-75-72-69-66-63-60-57-54-51-48-41-38-35-32-29-26-23-20-17-14-11-8-5-2/h9,12,16-21,25-30,34-39,42-43,48,51,55,58,64,67,92-94,98-99H,4-8,10-11,13-15,22-24,31-33,40-41,44-47,49-50,52-54,56-57,59-63,65-66,68-91H2,1-3H3,(H,103,104)(H,105,106)/b12-9-,19-16-,20-17-,21-18-,28-25-,29-26-,30-27-,37-34-,38-35-,39-36-,43-42-,51-48-,58-55-,67-64-. The van der Waals surface area contributed by atoms with Gasteiger partial charge in [0.2, 0.25) is 0 Å². The Hall–Kier alpha value is -5.09. The number of aliphatic hydroxyl groups is 2. The summed E-state index contributed by atoms with van der Waals surface area (Å²) in [6.45, 7) is 2.50. The van der Waals surface area contributed by atoms with Gasteiger partial charge in [-0.25, -0.2) is 9.13 Å². The number of aliphatic hydroxyl groups excluding tert-OH is 2. The number of unbranched alkanes of at least 4 members (excludes halogenated alkanes) is 34. The van der Waals surface area contributed by atoms with Gasteiger partial charge in [-0.15, -0.1) is 0 Å². The van der Waals surface area contributed by atoms with Crippen LogP contribution >= 0.6 is 15.6 Å². The lowest BCUT2D eigenvalue weighted by atomic mass is 10.0. The Morgan fingerprint density at radius 1 is 0.252 bits per heavy atom. The maximum atomic E-state index is 13.1.